The minimum absolute atomic E-state index is 0.303. The summed E-state index contributed by atoms with van der Waals surface area (Å²) >= 11 is 0. The molecule has 0 radical (unpaired) electrons. The van der Waals surface area contributed by atoms with Crippen LogP contribution in [0.25, 0.3) is 0 Å². The Morgan fingerprint density at radius 2 is 1.73 bits per heavy atom. The third-order valence-corrected chi connectivity index (χ3v) is 5.05. The molecule has 0 aliphatic carbocycles. The number of sulfone groups is 1. The van der Waals surface area contributed by atoms with Crippen LogP contribution in [0.2, 0.25) is 0 Å². The van der Waals surface area contributed by atoms with E-state index in [0.717, 1.165) is 17.1 Å². The molecule has 0 saturated carbocycles. The molecule has 0 amide bonds. The van der Waals surface area contributed by atoms with E-state index in [-0.39, 0.29) is 0 Å². The number of benzene rings is 2. The van der Waals surface area contributed by atoms with Gasteiger partial charge in [-0.1, -0.05) is 30.3 Å². The van der Waals surface area contributed by atoms with Crippen molar-refractivity contribution in [2.24, 2.45) is 0 Å². The van der Waals surface area contributed by atoms with E-state index in [1.807, 2.05) is 54.1 Å². The highest BCUT2D eigenvalue weighted by molar-refractivity contribution is 7.90. The second-order valence-corrected chi connectivity index (χ2v) is 7.97. The molecule has 0 atom stereocenters. The maximum atomic E-state index is 11.6. The van der Waals surface area contributed by atoms with E-state index in [1.165, 1.54) is 6.26 Å². The van der Waals surface area contributed by atoms with E-state index in [1.54, 1.807) is 12.1 Å². The number of hydrogen-bond acceptors (Lipinski definition) is 5. The number of ether oxygens (including phenoxy) is 1. The van der Waals surface area contributed by atoms with Crippen molar-refractivity contribution in [1.82, 2.24) is 14.8 Å². The fraction of sp³-hybridized carbons (Fsp3) is 0.263. The molecule has 0 spiro atoms. The zero-order chi connectivity index (χ0) is 18.6. The van der Waals surface area contributed by atoms with Gasteiger partial charge in [0.15, 0.2) is 15.7 Å². The average Bonchev–Trinajstić information content (AvgIpc) is 3.02. The molecule has 6 nitrogen and oxygen atoms in total. The van der Waals surface area contributed by atoms with Gasteiger partial charge in [-0.2, -0.15) is 5.10 Å². The van der Waals surface area contributed by atoms with Crippen LogP contribution in [0.4, 0.5) is 0 Å². The summed E-state index contributed by atoms with van der Waals surface area (Å²) in [6.45, 7) is 3.01. The Morgan fingerprint density at radius 3 is 2.35 bits per heavy atom. The van der Waals surface area contributed by atoms with Crippen molar-refractivity contribution in [2.45, 2.75) is 31.4 Å². The Hall–Kier alpha value is -2.67. The Balaban J connectivity index is 1.72. The zero-order valence-corrected chi connectivity index (χ0v) is 15.6. The lowest BCUT2D eigenvalue weighted by molar-refractivity contribution is 0.295. The molecule has 0 saturated heterocycles. The van der Waals surface area contributed by atoms with Crippen molar-refractivity contribution in [3.05, 3.63) is 71.8 Å². The van der Waals surface area contributed by atoms with Gasteiger partial charge in [-0.3, -0.25) is 0 Å². The van der Waals surface area contributed by atoms with E-state index in [9.17, 15) is 8.42 Å². The first-order valence-corrected chi connectivity index (χ1v) is 10.2. The van der Waals surface area contributed by atoms with Crippen molar-refractivity contribution in [2.75, 3.05) is 6.26 Å². The first kappa shape index (κ1) is 18.1. The third-order valence-electron chi connectivity index (χ3n) is 3.92. The lowest BCUT2D eigenvalue weighted by Gasteiger charge is -2.04. The van der Waals surface area contributed by atoms with Crippen LogP contribution >= 0.6 is 0 Å². The fourth-order valence-corrected chi connectivity index (χ4v) is 3.20. The molecule has 0 aliphatic heterocycles. The van der Waals surface area contributed by atoms with Gasteiger partial charge >= 0.3 is 0 Å². The monoisotopic (exact) mass is 371 g/mol. The van der Waals surface area contributed by atoms with Gasteiger partial charge in [-0.15, -0.1) is 0 Å². The SMILES string of the molecule is CCn1nc(COc2ccccc2)nc1Cc1ccc(S(C)(=O)=O)cc1. The minimum atomic E-state index is -3.18. The molecule has 136 valence electrons. The van der Waals surface area contributed by atoms with E-state index in [0.29, 0.717) is 30.3 Å². The number of rotatable bonds is 7. The Morgan fingerprint density at radius 1 is 1.04 bits per heavy atom. The molecule has 1 heterocycles. The fourth-order valence-electron chi connectivity index (χ4n) is 2.57. The third kappa shape index (κ3) is 4.49. The molecule has 3 rings (SSSR count). The smallest absolute Gasteiger partial charge is 0.188 e. The second kappa shape index (κ2) is 7.70. The molecule has 0 N–H and O–H groups in total. The van der Waals surface area contributed by atoms with Crippen LogP contribution in [0.1, 0.15) is 24.1 Å². The van der Waals surface area contributed by atoms with Crippen LogP contribution in [0.15, 0.2) is 59.5 Å². The topological polar surface area (TPSA) is 74.1 Å². The van der Waals surface area contributed by atoms with E-state index < -0.39 is 9.84 Å². The molecule has 0 bridgehead atoms. The Bertz CT molecular complexity index is 965. The molecule has 2 aromatic carbocycles. The van der Waals surface area contributed by atoms with Crippen LogP contribution in [-0.2, 0) is 29.4 Å². The van der Waals surface area contributed by atoms with Crippen molar-refractivity contribution < 1.29 is 13.2 Å². The quantitative estimate of drug-likeness (QED) is 0.638. The van der Waals surface area contributed by atoms with Gasteiger partial charge in [0.25, 0.3) is 0 Å². The highest BCUT2D eigenvalue weighted by Crippen LogP contribution is 2.15. The summed E-state index contributed by atoms with van der Waals surface area (Å²) in [5.74, 6) is 2.22. The maximum absolute atomic E-state index is 11.6. The van der Waals surface area contributed by atoms with E-state index in [2.05, 4.69) is 10.1 Å². The Kier molecular flexibility index (Phi) is 5.37. The first-order chi connectivity index (χ1) is 12.5. The normalized spacial score (nSPS) is 11.5. The number of aryl methyl sites for hydroxylation is 1. The number of hydrogen-bond donors (Lipinski definition) is 0. The molecule has 0 fully saturated rings. The lowest BCUT2D eigenvalue weighted by Crippen LogP contribution is -2.05. The summed E-state index contributed by atoms with van der Waals surface area (Å²) in [6.07, 6.45) is 1.78. The second-order valence-electron chi connectivity index (χ2n) is 5.95. The van der Waals surface area contributed by atoms with Crippen LogP contribution in [0, 0.1) is 0 Å². The van der Waals surface area contributed by atoms with Crippen LogP contribution in [0.3, 0.4) is 0 Å². The van der Waals surface area contributed by atoms with Crippen LogP contribution < -0.4 is 4.74 Å². The molecule has 0 aliphatic rings. The minimum Gasteiger partial charge on any atom is -0.486 e. The highest BCUT2D eigenvalue weighted by atomic mass is 32.2. The van der Waals surface area contributed by atoms with Gasteiger partial charge in [-0.25, -0.2) is 18.1 Å². The lowest BCUT2D eigenvalue weighted by atomic mass is 10.1. The van der Waals surface area contributed by atoms with E-state index in [4.69, 9.17) is 4.74 Å². The van der Waals surface area contributed by atoms with Gasteiger partial charge in [0.05, 0.1) is 4.90 Å². The summed E-state index contributed by atoms with van der Waals surface area (Å²) in [5, 5.41) is 4.48. The Labute approximate surface area is 153 Å². The van der Waals surface area contributed by atoms with E-state index >= 15 is 0 Å². The molecule has 26 heavy (non-hydrogen) atoms. The molecule has 3 aromatic rings. The van der Waals surface area contributed by atoms with Crippen LogP contribution in [0.5, 0.6) is 5.75 Å². The molecular formula is C19H21N3O3S. The predicted molar refractivity (Wildman–Crippen MR) is 98.8 cm³/mol. The molecule has 1 aromatic heterocycles. The van der Waals surface area contributed by atoms with Gasteiger partial charge in [0, 0.05) is 19.2 Å². The molecule has 0 unspecified atom stereocenters. The van der Waals surface area contributed by atoms with Crippen molar-refractivity contribution in [3.63, 3.8) is 0 Å². The van der Waals surface area contributed by atoms with Crippen LogP contribution in [-0.4, -0.2) is 29.4 Å². The molecular weight excluding hydrogens is 350 g/mol. The average molecular weight is 371 g/mol. The molecule has 7 heteroatoms. The first-order valence-electron chi connectivity index (χ1n) is 8.35. The largest absolute Gasteiger partial charge is 0.486 e. The highest BCUT2D eigenvalue weighted by Gasteiger charge is 2.12. The summed E-state index contributed by atoms with van der Waals surface area (Å²) < 4.78 is 30.7. The van der Waals surface area contributed by atoms with Crippen molar-refractivity contribution in [1.29, 1.82) is 0 Å². The van der Waals surface area contributed by atoms with Gasteiger partial charge in [0.1, 0.15) is 18.2 Å². The summed E-state index contributed by atoms with van der Waals surface area (Å²) in [5.41, 5.74) is 0.982. The standard InChI is InChI=1S/C19H21N3O3S/c1-3-22-19(13-15-9-11-17(12-10-15)26(2,23)24)20-18(21-22)14-25-16-7-5-4-6-8-16/h4-12H,3,13-14H2,1-2H3. The number of aromatic nitrogens is 3. The zero-order valence-electron chi connectivity index (χ0n) is 14.8. The predicted octanol–water partition coefficient (Wildman–Crippen LogP) is 2.87. The van der Waals surface area contributed by atoms with Crippen molar-refractivity contribution in [3.8, 4) is 5.75 Å². The number of para-hydroxylation sites is 1. The van der Waals surface area contributed by atoms with Gasteiger partial charge < -0.3 is 4.74 Å². The van der Waals surface area contributed by atoms with Gasteiger partial charge in [0.2, 0.25) is 0 Å². The maximum Gasteiger partial charge on any atom is 0.188 e. The summed E-state index contributed by atoms with van der Waals surface area (Å²) in [7, 11) is -3.18. The summed E-state index contributed by atoms with van der Waals surface area (Å²) in [4.78, 5) is 4.89. The van der Waals surface area contributed by atoms with Crippen molar-refractivity contribution >= 4 is 9.84 Å². The number of nitrogens with zero attached hydrogens (tertiary/aromatic N) is 3. The summed E-state index contributed by atoms with van der Waals surface area (Å²) in [6, 6.07) is 16.4. The van der Waals surface area contributed by atoms with Gasteiger partial charge in [-0.05, 0) is 36.8 Å².